The normalized spacial score (nSPS) is 17.3. The Hall–Kier alpha value is -0.940. The van der Waals surface area contributed by atoms with Crippen LogP contribution in [0.5, 0.6) is 0 Å². The highest BCUT2D eigenvalue weighted by molar-refractivity contribution is 7.15. The van der Waals surface area contributed by atoms with Gasteiger partial charge >= 0.3 is 0 Å². The van der Waals surface area contributed by atoms with E-state index in [2.05, 4.69) is 27.7 Å². The smallest absolute Gasteiger partial charge is 0.205 e. The summed E-state index contributed by atoms with van der Waals surface area (Å²) in [7, 11) is 0. The standard InChI is InChI=1S/C11H17N3OS/c15-8-10-13-14-11(16-10)12-7-9-5-3-1-2-4-6-9/h1-2,9,15H,3-8H2,(H,12,14). The van der Waals surface area contributed by atoms with Crippen molar-refractivity contribution in [1.82, 2.24) is 10.2 Å². The first kappa shape index (κ1) is 11.5. The van der Waals surface area contributed by atoms with Gasteiger partial charge in [0.05, 0.1) is 6.61 Å². The van der Waals surface area contributed by atoms with Crippen molar-refractivity contribution in [1.29, 1.82) is 0 Å². The van der Waals surface area contributed by atoms with Crippen molar-refractivity contribution in [3.8, 4) is 0 Å². The Balaban J connectivity index is 1.77. The molecule has 0 bridgehead atoms. The molecule has 1 aromatic rings. The summed E-state index contributed by atoms with van der Waals surface area (Å²) in [5.74, 6) is 0.719. The van der Waals surface area contributed by atoms with Crippen molar-refractivity contribution in [2.75, 3.05) is 11.9 Å². The number of nitrogens with zero attached hydrogens (tertiary/aromatic N) is 2. The summed E-state index contributed by atoms with van der Waals surface area (Å²) in [5, 5.41) is 21.5. The molecule has 0 spiro atoms. The topological polar surface area (TPSA) is 58.0 Å². The van der Waals surface area contributed by atoms with E-state index in [4.69, 9.17) is 5.11 Å². The maximum atomic E-state index is 8.88. The SMILES string of the molecule is OCc1nnc(NCC2CCC=CCC2)s1. The average Bonchev–Trinajstić information content (AvgIpc) is 2.61. The Labute approximate surface area is 99.4 Å². The van der Waals surface area contributed by atoms with Gasteiger partial charge in [0.15, 0.2) is 0 Å². The lowest BCUT2D eigenvalue weighted by Gasteiger charge is -2.13. The number of anilines is 1. The van der Waals surface area contributed by atoms with Crippen LogP contribution in [0.4, 0.5) is 5.13 Å². The highest BCUT2D eigenvalue weighted by Gasteiger charge is 2.10. The molecular formula is C11H17N3OS. The Morgan fingerprint density at radius 3 is 2.69 bits per heavy atom. The molecule has 5 heteroatoms. The van der Waals surface area contributed by atoms with Crippen molar-refractivity contribution in [3.63, 3.8) is 0 Å². The molecule has 0 saturated carbocycles. The van der Waals surface area contributed by atoms with E-state index in [1.807, 2.05) is 0 Å². The molecule has 1 aliphatic rings. The van der Waals surface area contributed by atoms with Crippen LogP contribution >= 0.6 is 11.3 Å². The summed E-state index contributed by atoms with van der Waals surface area (Å²) in [4.78, 5) is 0. The lowest BCUT2D eigenvalue weighted by atomic mass is 10.0. The van der Waals surface area contributed by atoms with Gasteiger partial charge in [0.1, 0.15) is 5.01 Å². The first-order chi connectivity index (χ1) is 7.88. The van der Waals surface area contributed by atoms with E-state index < -0.39 is 0 Å². The molecule has 4 nitrogen and oxygen atoms in total. The van der Waals surface area contributed by atoms with Gasteiger partial charge in [-0.25, -0.2) is 0 Å². The highest BCUT2D eigenvalue weighted by atomic mass is 32.1. The number of allylic oxidation sites excluding steroid dienone is 2. The summed E-state index contributed by atoms with van der Waals surface area (Å²) in [5.41, 5.74) is 0. The summed E-state index contributed by atoms with van der Waals surface area (Å²) < 4.78 is 0. The van der Waals surface area contributed by atoms with E-state index >= 15 is 0 Å². The maximum absolute atomic E-state index is 8.88. The fraction of sp³-hybridized carbons (Fsp3) is 0.636. The second-order valence-electron chi connectivity index (χ2n) is 4.03. The predicted octanol–water partition coefficient (Wildman–Crippen LogP) is 2.19. The molecule has 1 aromatic heterocycles. The molecule has 0 unspecified atom stereocenters. The van der Waals surface area contributed by atoms with Gasteiger partial charge in [0, 0.05) is 6.54 Å². The minimum Gasteiger partial charge on any atom is -0.389 e. The molecule has 0 amide bonds. The average molecular weight is 239 g/mol. The van der Waals surface area contributed by atoms with Crippen LogP contribution in [0.1, 0.15) is 30.7 Å². The Morgan fingerprint density at radius 1 is 1.31 bits per heavy atom. The summed E-state index contributed by atoms with van der Waals surface area (Å²) in [6, 6.07) is 0. The van der Waals surface area contributed by atoms with E-state index in [-0.39, 0.29) is 6.61 Å². The number of rotatable bonds is 4. The van der Waals surface area contributed by atoms with Crippen LogP contribution in [0.25, 0.3) is 0 Å². The molecule has 0 atom stereocenters. The molecule has 1 heterocycles. The summed E-state index contributed by atoms with van der Waals surface area (Å²) in [6.45, 7) is 0.939. The fourth-order valence-electron chi connectivity index (χ4n) is 1.87. The van der Waals surface area contributed by atoms with Gasteiger partial charge < -0.3 is 10.4 Å². The molecule has 0 fully saturated rings. The molecule has 0 aliphatic heterocycles. The minimum atomic E-state index is -0.0211. The van der Waals surface area contributed by atoms with Crippen LogP contribution in [0.3, 0.4) is 0 Å². The number of aliphatic hydroxyl groups excluding tert-OH is 1. The van der Waals surface area contributed by atoms with Crippen LogP contribution in [-0.4, -0.2) is 21.8 Å². The van der Waals surface area contributed by atoms with Crippen molar-refractivity contribution in [2.24, 2.45) is 5.92 Å². The first-order valence-electron chi connectivity index (χ1n) is 5.70. The van der Waals surface area contributed by atoms with E-state index in [0.29, 0.717) is 5.01 Å². The fourth-order valence-corrected chi connectivity index (χ4v) is 2.48. The molecule has 0 radical (unpaired) electrons. The van der Waals surface area contributed by atoms with Gasteiger partial charge in [-0.1, -0.05) is 23.5 Å². The third-order valence-corrected chi connectivity index (χ3v) is 3.66. The molecule has 16 heavy (non-hydrogen) atoms. The van der Waals surface area contributed by atoms with Gasteiger partial charge in [-0.3, -0.25) is 0 Å². The van der Waals surface area contributed by atoms with Crippen LogP contribution in [0.2, 0.25) is 0 Å². The van der Waals surface area contributed by atoms with Gasteiger partial charge in [-0.15, -0.1) is 10.2 Å². The Morgan fingerprint density at radius 2 is 2.06 bits per heavy atom. The zero-order valence-electron chi connectivity index (χ0n) is 9.22. The number of aromatic nitrogens is 2. The van der Waals surface area contributed by atoms with Crippen molar-refractivity contribution in [3.05, 3.63) is 17.2 Å². The Kier molecular flexibility index (Phi) is 4.30. The number of hydrogen-bond acceptors (Lipinski definition) is 5. The first-order valence-corrected chi connectivity index (χ1v) is 6.52. The molecule has 0 aromatic carbocycles. The van der Waals surface area contributed by atoms with Gasteiger partial charge in [-0.2, -0.15) is 0 Å². The molecule has 88 valence electrons. The zero-order chi connectivity index (χ0) is 11.2. The molecule has 1 aliphatic carbocycles. The minimum absolute atomic E-state index is 0.0211. The van der Waals surface area contributed by atoms with Crippen molar-refractivity contribution >= 4 is 16.5 Å². The maximum Gasteiger partial charge on any atom is 0.205 e. The predicted molar refractivity (Wildman–Crippen MR) is 65.4 cm³/mol. The van der Waals surface area contributed by atoms with Crippen molar-refractivity contribution in [2.45, 2.75) is 32.3 Å². The quantitative estimate of drug-likeness (QED) is 0.791. The third-order valence-electron chi connectivity index (χ3n) is 2.79. The van der Waals surface area contributed by atoms with E-state index in [1.54, 1.807) is 0 Å². The molecule has 2 N–H and O–H groups in total. The summed E-state index contributed by atoms with van der Waals surface area (Å²) in [6.07, 6.45) is 9.41. The van der Waals surface area contributed by atoms with Gasteiger partial charge in [0.25, 0.3) is 0 Å². The van der Waals surface area contributed by atoms with E-state index in [1.165, 1.54) is 37.0 Å². The van der Waals surface area contributed by atoms with Crippen LogP contribution in [0, 0.1) is 5.92 Å². The van der Waals surface area contributed by atoms with Crippen molar-refractivity contribution < 1.29 is 5.11 Å². The largest absolute Gasteiger partial charge is 0.389 e. The van der Waals surface area contributed by atoms with Crippen LogP contribution < -0.4 is 5.32 Å². The number of nitrogens with one attached hydrogen (secondary N) is 1. The zero-order valence-corrected chi connectivity index (χ0v) is 10.0. The van der Waals surface area contributed by atoms with Gasteiger partial charge in [0.2, 0.25) is 5.13 Å². The van der Waals surface area contributed by atoms with Crippen LogP contribution in [0.15, 0.2) is 12.2 Å². The third kappa shape index (κ3) is 3.28. The van der Waals surface area contributed by atoms with Crippen LogP contribution in [-0.2, 0) is 6.61 Å². The molecular weight excluding hydrogens is 222 g/mol. The molecule has 0 saturated heterocycles. The van der Waals surface area contributed by atoms with E-state index in [0.717, 1.165) is 17.6 Å². The second-order valence-corrected chi connectivity index (χ2v) is 5.09. The summed E-state index contributed by atoms with van der Waals surface area (Å²) >= 11 is 1.43. The second kappa shape index (κ2) is 5.96. The lowest BCUT2D eigenvalue weighted by molar-refractivity contribution is 0.280. The highest BCUT2D eigenvalue weighted by Crippen LogP contribution is 2.20. The van der Waals surface area contributed by atoms with Gasteiger partial charge in [-0.05, 0) is 31.6 Å². The molecule has 2 rings (SSSR count). The van der Waals surface area contributed by atoms with E-state index in [9.17, 15) is 0 Å². The number of hydrogen-bond donors (Lipinski definition) is 2. The lowest BCUT2D eigenvalue weighted by Crippen LogP contribution is -2.13. The Bertz CT molecular complexity index is 341. The number of aliphatic hydroxyl groups is 1. The monoisotopic (exact) mass is 239 g/mol.